The summed E-state index contributed by atoms with van der Waals surface area (Å²) in [4.78, 5) is 4.12. The first-order valence-corrected chi connectivity index (χ1v) is 4.93. The predicted octanol–water partition coefficient (Wildman–Crippen LogP) is 0.919. The molecule has 0 aliphatic carbocycles. The lowest BCUT2D eigenvalue weighted by molar-refractivity contribution is 0.306. The van der Waals surface area contributed by atoms with Gasteiger partial charge in [0.1, 0.15) is 20.2 Å². The van der Waals surface area contributed by atoms with Gasteiger partial charge in [0, 0.05) is 18.0 Å². The number of rotatable bonds is 3. The molecule has 0 atom stereocenters. The Hall–Kier alpha value is -1.77. The van der Waals surface area contributed by atoms with Gasteiger partial charge in [-0.05, 0) is 12.1 Å². The lowest BCUT2D eigenvalue weighted by Gasteiger charge is -2.05. The largest absolute Gasteiger partial charge is 0.489 e. The summed E-state index contributed by atoms with van der Waals surface area (Å²) >= 11 is 0. The third-order valence-corrected chi connectivity index (χ3v) is 2.08. The van der Waals surface area contributed by atoms with Crippen molar-refractivity contribution >= 4 is 13.3 Å². The molecule has 1 aromatic heterocycles. The van der Waals surface area contributed by atoms with Gasteiger partial charge in [-0.3, -0.25) is 4.98 Å². The van der Waals surface area contributed by atoms with Gasteiger partial charge in [0.2, 0.25) is 0 Å². The fourth-order valence-electron chi connectivity index (χ4n) is 1.38. The van der Waals surface area contributed by atoms with Gasteiger partial charge in [0.25, 0.3) is 0 Å². The van der Waals surface area contributed by atoms with Crippen LogP contribution in [0.25, 0.3) is 0 Å². The molecule has 0 fully saturated rings. The number of hydrogen-bond donors (Lipinski definition) is 0. The van der Waals surface area contributed by atoms with E-state index in [1.54, 1.807) is 0 Å². The molecule has 0 radical (unpaired) electrons. The highest BCUT2D eigenvalue weighted by Crippen LogP contribution is 2.10. The number of pyridine rings is 1. The highest BCUT2D eigenvalue weighted by atomic mass is 16.5. The monoisotopic (exact) mass is 197 g/mol. The fourth-order valence-corrected chi connectivity index (χ4v) is 1.38. The topological polar surface area (TPSA) is 22.1 Å². The SMILES string of the molecule is Bc1cncc(COc2ccccc2)c1. The maximum atomic E-state index is 5.61. The van der Waals surface area contributed by atoms with E-state index in [0.717, 1.165) is 16.8 Å². The Bertz CT molecular complexity index is 431. The predicted molar refractivity (Wildman–Crippen MR) is 63.2 cm³/mol. The molecule has 0 aliphatic heterocycles. The van der Waals surface area contributed by atoms with Gasteiger partial charge in [-0.25, -0.2) is 0 Å². The molecule has 0 amide bonds. The average molecular weight is 197 g/mol. The first kappa shape index (κ1) is 9.78. The van der Waals surface area contributed by atoms with E-state index < -0.39 is 0 Å². The summed E-state index contributed by atoms with van der Waals surface area (Å²) in [7, 11) is 2.03. The van der Waals surface area contributed by atoms with Crippen LogP contribution in [0.1, 0.15) is 5.56 Å². The van der Waals surface area contributed by atoms with Crippen LogP contribution in [0, 0.1) is 0 Å². The molecule has 2 rings (SSSR count). The van der Waals surface area contributed by atoms with Crippen LogP contribution in [-0.4, -0.2) is 12.8 Å². The number of aromatic nitrogens is 1. The van der Waals surface area contributed by atoms with E-state index in [1.807, 2.05) is 50.6 Å². The van der Waals surface area contributed by atoms with E-state index in [0.29, 0.717) is 6.61 Å². The second-order valence-corrected chi connectivity index (χ2v) is 3.47. The van der Waals surface area contributed by atoms with Crippen molar-refractivity contribution in [2.45, 2.75) is 6.61 Å². The van der Waals surface area contributed by atoms with E-state index in [-0.39, 0.29) is 0 Å². The highest BCUT2D eigenvalue weighted by Gasteiger charge is 1.95. The maximum Gasteiger partial charge on any atom is 0.141 e. The molecule has 0 saturated heterocycles. The molecule has 0 spiro atoms. The molecule has 0 bridgehead atoms. The van der Waals surface area contributed by atoms with Crippen LogP contribution in [-0.2, 0) is 6.61 Å². The van der Waals surface area contributed by atoms with Crippen LogP contribution in [0.5, 0.6) is 5.75 Å². The third kappa shape index (κ3) is 2.84. The first-order chi connectivity index (χ1) is 7.34. The molecular weight excluding hydrogens is 185 g/mol. The minimum Gasteiger partial charge on any atom is -0.489 e. The summed E-state index contributed by atoms with van der Waals surface area (Å²) in [6.07, 6.45) is 3.67. The van der Waals surface area contributed by atoms with Gasteiger partial charge in [-0.15, -0.1) is 0 Å². The minimum atomic E-state index is 0.568. The zero-order valence-electron chi connectivity index (χ0n) is 8.68. The summed E-state index contributed by atoms with van der Waals surface area (Å²) in [5, 5.41) is 0. The van der Waals surface area contributed by atoms with Crippen molar-refractivity contribution in [3.63, 3.8) is 0 Å². The smallest absolute Gasteiger partial charge is 0.141 e. The molecule has 3 heteroatoms. The van der Waals surface area contributed by atoms with E-state index in [4.69, 9.17) is 4.74 Å². The summed E-state index contributed by atoms with van der Waals surface area (Å²) in [5.74, 6) is 0.888. The molecule has 0 aliphatic rings. The number of nitrogens with zero attached hydrogens (tertiary/aromatic N) is 1. The van der Waals surface area contributed by atoms with Gasteiger partial charge >= 0.3 is 0 Å². The maximum absolute atomic E-state index is 5.61. The second-order valence-electron chi connectivity index (χ2n) is 3.47. The van der Waals surface area contributed by atoms with Gasteiger partial charge in [0.15, 0.2) is 0 Å². The van der Waals surface area contributed by atoms with Crippen molar-refractivity contribution in [1.29, 1.82) is 0 Å². The van der Waals surface area contributed by atoms with Crippen molar-refractivity contribution in [3.8, 4) is 5.75 Å². The lowest BCUT2D eigenvalue weighted by Crippen LogP contribution is -2.06. The average Bonchev–Trinajstić information content (AvgIpc) is 2.28. The van der Waals surface area contributed by atoms with Crippen molar-refractivity contribution in [3.05, 3.63) is 54.4 Å². The molecule has 1 heterocycles. The Labute approximate surface area is 90.3 Å². The number of hydrogen-bond acceptors (Lipinski definition) is 2. The van der Waals surface area contributed by atoms with Crippen LogP contribution >= 0.6 is 0 Å². The number of para-hydroxylation sites is 1. The van der Waals surface area contributed by atoms with Crippen molar-refractivity contribution < 1.29 is 4.74 Å². The van der Waals surface area contributed by atoms with Crippen molar-refractivity contribution in [1.82, 2.24) is 4.98 Å². The van der Waals surface area contributed by atoms with Gasteiger partial charge in [-0.2, -0.15) is 0 Å². The van der Waals surface area contributed by atoms with Crippen molar-refractivity contribution in [2.75, 3.05) is 0 Å². The van der Waals surface area contributed by atoms with Crippen LogP contribution in [0.2, 0.25) is 0 Å². The summed E-state index contributed by atoms with van der Waals surface area (Å²) in [5.41, 5.74) is 2.25. The van der Waals surface area contributed by atoms with E-state index >= 15 is 0 Å². The Morgan fingerprint density at radius 3 is 2.67 bits per heavy atom. The summed E-state index contributed by atoms with van der Waals surface area (Å²) in [6, 6.07) is 11.9. The first-order valence-electron chi connectivity index (χ1n) is 4.93. The zero-order valence-corrected chi connectivity index (χ0v) is 8.68. The normalized spacial score (nSPS) is 9.87. The Balaban J connectivity index is 1.99. The Morgan fingerprint density at radius 2 is 1.93 bits per heavy atom. The minimum absolute atomic E-state index is 0.568. The zero-order chi connectivity index (χ0) is 10.5. The van der Waals surface area contributed by atoms with Gasteiger partial charge in [0.05, 0.1) is 0 Å². The quantitative estimate of drug-likeness (QED) is 0.682. The van der Waals surface area contributed by atoms with Gasteiger partial charge in [-0.1, -0.05) is 29.7 Å². The third-order valence-electron chi connectivity index (χ3n) is 2.08. The molecule has 15 heavy (non-hydrogen) atoms. The molecule has 0 saturated carbocycles. The van der Waals surface area contributed by atoms with Crippen LogP contribution in [0.3, 0.4) is 0 Å². The van der Waals surface area contributed by atoms with Gasteiger partial charge < -0.3 is 4.74 Å². The second kappa shape index (κ2) is 4.64. The van der Waals surface area contributed by atoms with E-state index in [1.165, 1.54) is 0 Å². The van der Waals surface area contributed by atoms with E-state index in [9.17, 15) is 0 Å². The summed E-state index contributed by atoms with van der Waals surface area (Å²) in [6.45, 7) is 0.568. The lowest BCUT2D eigenvalue weighted by atomic mass is 9.97. The Morgan fingerprint density at radius 1 is 1.13 bits per heavy atom. The molecule has 1 aromatic carbocycles. The molecular formula is C12H12BNO. The molecule has 0 unspecified atom stereocenters. The highest BCUT2D eigenvalue weighted by molar-refractivity contribution is 6.32. The fraction of sp³-hybridized carbons (Fsp3) is 0.0833. The molecule has 74 valence electrons. The Kier molecular flexibility index (Phi) is 3.03. The number of benzene rings is 1. The van der Waals surface area contributed by atoms with Crippen LogP contribution in [0.4, 0.5) is 0 Å². The molecule has 2 nitrogen and oxygen atoms in total. The van der Waals surface area contributed by atoms with Crippen molar-refractivity contribution in [2.24, 2.45) is 0 Å². The molecule has 0 N–H and O–H groups in total. The van der Waals surface area contributed by atoms with Crippen LogP contribution < -0.4 is 10.2 Å². The molecule has 2 aromatic rings. The number of ether oxygens (including phenoxy) is 1. The summed E-state index contributed by atoms with van der Waals surface area (Å²) < 4.78 is 5.61. The standard InChI is InChI=1S/C12H12BNO/c13-11-6-10(7-14-8-11)9-15-12-4-2-1-3-5-12/h1-8H,9,13H2. The van der Waals surface area contributed by atoms with Crippen LogP contribution in [0.15, 0.2) is 48.8 Å². The van der Waals surface area contributed by atoms with E-state index in [2.05, 4.69) is 11.1 Å².